The lowest BCUT2D eigenvalue weighted by Gasteiger charge is -2.02. The van der Waals surface area contributed by atoms with Gasteiger partial charge in [-0.1, -0.05) is 43.1 Å². The Morgan fingerprint density at radius 3 is 2.35 bits per heavy atom. The van der Waals surface area contributed by atoms with E-state index in [0.717, 1.165) is 16.7 Å². The Morgan fingerprint density at radius 1 is 1.00 bits per heavy atom. The van der Waals surface area contributed by atoms with Crippen molar-refractivity contribution < 1.29 is 4.42 Å². The molecule has 0 aliphatic heterocycles. The summed E-state index contributed by atoms with van der Waals surface area (Å²) >= 11 is 12.0. The van der Waals surface area contributed by atoms with Gasteiger partial charge in [-0.05, 0) is 41.8 Å². The zero-order valence-corrected chi connectivity index (χ0v) is 12.7. The second kappa shape index (κ2) is 5.12. The molecule has 4 heteroatoms. The van der Waals surface area contributed by atoms with Gasteiger partial charge in [-0.15, -0.1) is 0 Å². The van der Waals surface area contributed by atoms with Gasteiger partial charge >= 0.3 is 0 Å². The lowest BCUT2D eigenvalue weighted by molar-refractivity contribution is 0.619. The molecule has 0 atom stereocenters. The number of nitrogens with zero attached hydrogens (tertiary/aromatic N) is 1. The minimum Gasteiger partial charge on any atom is -0.436 e. The van der Waals surface area contributed by atoms with Gasteiger partial charge < -0.3 is 4.42 Å². The summed E-state index contributed by atoms with van der Waals surface area (Å²) in [5.74, 6) is 0.985. The van der Waals surface area contributed by atoms with Crippen molar-refractivity contribution >= 4 is 34.3 Å². The maximum absolute atomic E-state index is 6.01. The highest BCUT2D eigenvalue weighted by Gasteiger charge is 2.11. The normalized spacial score (nSPS) is 11.4. The summed E-state index contributed by atoms with van der Waals surface area (Å²) in [5, 5.41) is 1.13. The molecular weight excluding hydrogens is 293 g/mol. The van der Waals surface area contributed by atoms with Crippen LogP contribution in [-0.4, -0.2) is 4.98 Å². The highest BCUT2D eigenvalue weighted by Crippen LogP contribution is 2.30. The Balaban J connectivity index is 2.12. The molecule has 20 heavy (non-hydrogen) atoms. The van der Waals surface area contributed by atoms with Crippen LogP contribution in [0.2, 0.25) is 10.0 Å². The van der Waals surface area contributed by atoms with Crippen molar-refractivity contribution in [2.24, 2.45) is 0 Å². The molecule has 1 aromatic heterocycles. The van der Waals surface area contributed by atoms with E-state index in [2.05, 4.69) is 24.9 Å². The molecule has 0 radical (unpaired) electrons. The molecule has 0 bridgehead atoms. The topological polar surface area (TPSA) is 26.0 Å². The Hall–Kier alpha value is -1.51. The molecule has 0 amide bonds. The summed E-state index contributed by atoms with van der Waals surface area (Å²) in [6.07, 6.45) is 0. The number of hydrogen-bond acceptors (Lipinski definition) is 2. The van der Waals surface area contributed by atoms with Crippen LogP contribution in [0.25, 0.3) is 22.6 Å². The molecule has 0 unspecified atom stereocenters. The largest absolute Gasteiger partial charge is 0.436 e. The number of fused-ring (bicyclic) bond motifs is 1. The summed E-state index contributed by atoms with van der Waals surface area (Å²) in [7, 11) is 0. The summed E-state index contributed by atoms with van der Waals surface area (Å²) in [6.45, 7) is 4.30. The van der Waals surface area contributed by atoms with Crippen LogP contribution >= 0.6 is 23.2 Å². The van der Waals surface area contributed by atoms with Crippen molar-refractivity contribution in [2.45, 2.75) is 19.8 Å². The highest BCUT2D eigenvalue weighted by atomic mass is 35.5. The van der Waals surface area contributed by atoms with Gasteiger partial charge in [0.15, 0.2) is 5.58 Å². The molecule has 2 nitrogen and oxygen atoms in total. The Kier molecular flexibility index (Phi) is 3.45. The summed E-state index contributed by atoms with van der Waals surface area (Å²) in [4.78, 5) is 4.48. The van der Waals surface area contributed by atoms with Crippen LogP contribution in [0.1, 0.15) is 25.3 Å². The molecule has 0 spiro atoms. The van der Waals surface area contributed by atoms with E-state index >= 15 is 0 Å². The van der Waals surface area contributed by atoms with Crippen LogP contribution in [0.5, 0.6) is 0 Å². The van der Waals surface area contributed by atoms with E-state index in [0.29, 0.717) is 21.9 Å². The molecule has 0 saturated heterocycles. The van der Waals surface area contributed by atoms with Gasteiger partial charge in [0.05, 0.1) is 0 Å². The van der Waals surface area contributed by atoms with E-state index < -0.39 is 0 Å². The molecule has 0 N–H and O–H groups in total. The number of benzene rings is 2. The minimum absolute atomic E-state index is 0.452. The predicted octanol–water partition coefficient (Wildman–Crippen LogP) is 5.93. The average molecular weight is 306 g/mol. The van der Waals surface area contributed by atoms with Crippen molar-refractivity contribution in [1.82, 2.24) is 4.98 Å². The average Bonchev–Trinajstić information content (AvgIpc) is 2.80. The molecule has 0 saturated carbocycles. The first kappa shape index (κ1) is 13.5. The van der Waals surface area contributed by atoms with E-state index in [-0.39, 0.29) is 0 Å². The Bertz CT molecular complexity index is 757. The zero-order chi connectivity index (χ0) is 14.3. The van der Waals surface area contributed by atoms with Crippen molar-refractivity contribution in [3.05, 3.63) is 52.0 Å². The molecule has 0 aliphatic carbocycles. The lowest BCUT2D eigenvalue weighted by Crippen LogP contribution is -1.85. The van der Waals surface area contributed by atoms with Crippen LogP contribution in [0.4, 0.5) is 0 Å². The maximum Gasteiger partial charge on any atom is 0.227 e. The lowest BCUT2D eigenvalue weighted by atomic mass is 10.0. The highest BCUT2D eigenvalue weighted by molar-refractivity contribution is 6.35. The fraction of sp³-hybridized carbons (Fsp3) is 0.188. The van der Waals surface area contributed by atoms with E-state index in [9.17, 15) is 0 Å². The third-order valence-corrected chi connectivity index (χ3v) is 3.63. The van der Waals surface area contributed by atoms with Gasteiger partial charge in [0.1, 0.15) is 5.52 Å². The predicted molar refractivity (Wildman–Crippen MR) is 83.6 cm³/mol. The summed E-state index contributed by atoms with van der Waals surface area (Å²) in [5.41, 5.74) is 3.62. The van der Waals surface area contributed by atoms with Gasteiger partial charge in [-0.3, -0.25) is 0 Å². The Morgan fingerprint density at radius 2 is 1.70 bits per heavy atom. The maximum atomic E-state index is 6.01. The smallest absolute Gasteiger partial charge is 0.227 e. The zero-order valence-electron chi connectivity index (χ0n) is 11.2. The second-order valence-electron chi connectivity index (χ2n) is 5.06. The van der Waals surface area contributed by atoms with Crippen LogP contribution in [-0.2, 0) is 0 Å². The van der Waals surface area contributed by atoms with Crippen molar-refractivity contribution in [3.63, 3.8) is 0 Å². The van der Waals surface area contributed by atoms with Gasteiger partial charge in [-0.2, -0.15) is 0 Å². The van der Waals surface area contributed by atoms with E-state index in [1.807, 2.05) is 12.1 Å². The van der Waals surface area contributed by atoms with Gasteiger partial charge in [0, 0.05) is 15.6 Å². The summed E-state index contributed by atoms with van der Waals surface area (Å²) in [6, 6.07) is 11.4. The third-order valence-electron chi connectivity index (χ3n) is 3.19. The SMILES string of the molecule is CC(C)c1ccc2nc(-c3cc(Cl)cc(Cl)c3)oc2c1. The quantitative estimate of drug-likeness (QED) is 0.587. The number of aromatic nitrogens is 1. The first-order chi connectivity index (χ1) is 9.52. The number of oxazole rings is 1. The number of halogens is 2. The van der Waals surface area contributed by atoms with Crippen LogP contribution in [0, 0.1) is 0 Å². The van der Waals surface area contributed by atoms with Gasteiger partial charge in [0.2, 0.25) is 5.89 Å². The van der Waals surface area contributed by atoms with Crippen molar-refractivity contribution in [1.29, 1.82) is 0 Å². The minimum atomic E-state index is 0.452. The third kappa shape index (κ3) is 2.54. The first-order valence-electron chi connectivity index (χ1n) is 6.40. The molecule has 102 valence electrons. The standard InChI is InChI=1S/C16H13Cl2NO/c1-9(2)10-3-4-14-15(7-10)20-16(19-14)11-5-12(17)8-13(18)6-11/h3-9H,1-2H3. The molecule has 3 aromatic rings. The molecule has 2 aromatic carbocycles. The van der Waals surface area contributed by atoms with Crippen LogP contribution in [0.15, 0.2) is 40.8 Å². The van der Waals surface area contributed by atoms with Crippen LogP contribution < -0.4 is 0 Å². The molecule has 3 rings (SSSR count). The molecule has 0 aliphatic rings. The second-order valence-corrected chi connectivity index (χ2v) is 5.93. The number of hydrogen-bond donors (Lipinski definition) is 0. The van der Waals surface area contributed by atoms with Crippen molar-refractivity contribution in [2.75, 3.05) is 0 Å². The summed E-state index contributed by atoms with van der Waals surface area (Å²) < 4.78 is 5.83. The van der Waals surface area contributed by atoms with E-state index in [1.165, 1.54) is 5.56 Å². The fourth-order valence-electron chi connectivity index (χ4n) is 2.10. The molecule has 1 heterocycles. The number of rotatable bonds is 2. The Labute approximate surface area is 127 Å². The van der Waals surface area contributed by atoms with E-state index in [4.69, 9.17) is 27.6 Å². The molecule has 0 fully saturated rings. The first-order valence-corrected chi connectivity index (χ1v) is 7.15. The molecular formula is C16H13Cl2NO. The van der Waals surface area contributed by atoms with Gasteiger partial charge in [-0.25, -0.2) is 4.98 Å². The monoisotopic (exact) mass is 305 g/mol. The fourth-order valence-corrected chi connectivity index (χ4v) is 2.63. The van der Waals surface area contributed by atoms with E-state index in [1.54, 1.807) is 18.2 Å². The van der Waals surface area contributed by atoms with Crippen molar-refractivity contribution in [3.8, 4) is 11.5 Å². The van der Waals surface area contributed by atoms with Crippen LogP contribution in [0.3, 0.4) is 0 Å². The van der Waals surface area contributed by atoms with Gasteiger partial charge in [0.25, 0.3) is 0 Å².